The number of halogens is 3. The van der Waals surface area contributed by atoms with Gasteiger partial charge in [-0.2, -0.15) is 25.5 Å². The highest BCUT2D eigenvalue weighted by Gasteiger charge is 2.32. The van der Waals surface area contributed by atoms with Crippen LogP contribution in [0.15, 0.2) is 138 Å². The first kappa shape index (κ1) is 104. The predicted octanol–water partition coefficient (Wildman–Crippen LogP) is 24.2. The molecule has 27 heteroatoms. The maximum atomic E-state index is 11.9. The zero-order valence-corrected chi connectivity index (χ0v) is 75.6. The Labute approximate surface area is 748 Å². The number of nitrogens with one attached hydrogen (secondary N) is 5. The summed E-state index contributed by atoms with van der Waals surface area (Å²) in [4.78, 5) is 47.1. The average Bonchev–Trinajstić information content (AvgIpc) is 1.72. The van der Waals surface area contributed by atoms with E-state index in [9.17, 15) is 24.3 Å². The molecule has 0 spiro atoms. The number of rotatable bonds is 11. The van der Waals surface area contributed by atoms with Gasteiger partial charge in [0.05, 0.1) is 88.8 Å². The first-order valence-electron chi connectivity index (χ1n) is 42.2. The van der Waals surface area contributed by atoms with Gasteiger partial charge in [-0.3, -0.25) is 23.8 Å². The second-order valence-corrected chi connectivity index (χ2v) is 37.7. The molecule has 4 amide bonds. The van der Waals surface area contributed by atoms with Gasteiger partial charge >= 0.3 is 24.4 Å². The van der Waals surface area contributed by atoms with Crippen molar-refractivity contribution in [1.29, 1.82) is 0 Å². The standard InChI is InChI=1S/C20H29N3O2.C20H27N3O2.C18H24BrN3O2.C15H21N3.C11H21NO3.C7H5BrN2.4CH4.ClH/c2*1-5-14-6-11-18-15(12-14)13-21-23(18)17-9-7-16(8-10-17)22-19(24)25-20(2,3)4;1-18(2,3)24-17(23)21-14-5-7-15(8-6-14)22-16-9-4-13(19)10-12(16)11-20-22;1-2-11-3-8-15-12(9-11)10-17-18(15)14-6-4-13(16)5-7-14;1-11(2,3)15-10(14)12-8-4-6-9(13)7-5-8;8-6-1-2-7-5(3-6)4-9-10-7;;;;;/h6,11-13,16-17H,5,7-10H2,1-4H3,(H,22,24);5-6,11-13,16-17H,1,7-10H2,2-4H3,(H,22,24);4,9-11,14-15H,5-8H2,1-3H3,(H,21,23);3,8-10,13-14H,2,4-7,16H2,1H3;8-9,13H,4-7H2,1-3H3,(H,12,14);1-4H,(H,9,10);4*1H4;1H. The van der Waals surface area contributed by atoms with Gasteiger partial charge in [0, 0.05) is 66.1 Å². The lowest BCUT2D eigenvalue weighted by molar-refractivity contribution is 0.0455. The fourth-order valence-electron chi connectivity index (χ4n) is 15.8. The number of aromatic nitrogens is 10. The van der Waals surface area contributed by atoms with Crippen LogP contribution in [-0.4, -0.2) is 138 Å². The van der Waals surface area contributed by atoms with E-state index < -0.39 is 22.4 Å². The molecule has 5 aromatic heterocycles. The summed E-state index contributed by atoms with van der Waals surface area (Å²) in [5.74, 6) is 0. The zero-order valence-electron chi connectivity index (χ0n) is 71.6. The maximum Gasteiger partial charge on any atom is 0.407 e. The summed E-state index contributed by atoms with van der Waals surface area (Å²) in [5.41, 5.74) is 13.9. The summed E-state index contributed by atoms with van der Waals surface area (Å²) in [7, 11) is 0. The molecular weight excluding hydrogens is 1690 g/mol. The number of nitrogens with zero attached hydrogens (tertiary/aromatic N) is 9. The molecule has 0 radical (unpaired) electrons. The summed E-state index contributed by atoms with van der Waals surface area (Å²) in [6.07, 6.45) is 31.6. The van der Waals surface area contributed by atoms with E-state index in [1.165, 1.54) is 38.4 Å². The van der Waals surface area contributed by atoms with Crippen molar-refractivity contribution in [2.45, 2.75) is 351 Å². The molecule has 15 rings (SSSR count). The van der Waals surface area contributed by atoms with Crippen LogP contribution in [0.3, 0.4) is 0 Å². The molecule has 0 saturated heterocycles. The topological polar surface area (TPSA) is 300 Å². The Bertz CT molecular complexity index is 4870. The van der Waals surface area contributed by atoms with E-state index in [1.807, 2.05) is 132 Å². The minimum atomic E-state index is -0.459. The highest BCUT2D eigenvalue weighted by molar-refractivity contribution is 9.10. The molecule has 0 atom stereocenters. The van der Waals surface area contributed by atoms with Crippen molar-refractivity contribution in [3.05, 3.63) is 154 Å². The number of aryl methyl sites for hydroxylation is 2. The first-order valence-corrected chi connectivity index (χ1v) is 43.8. The van der Waals surface area contributed by atoms with Gasteiger partial charge < -0.3 is 51.1 Å². The van der Waals surface area contributed by atoms with E-state index in [2.05, 4.69) is 196 Å². The van der Waals surface area contributed by atoms with E-state index in [1.54, 1.807) is 6.20 Å². The number of aromatic amines is 1. The third-order valence-electron chi connectivity index (χ3n) is 21.7. The molecule has 122 heavy (non-hydrogen) atoms. The number of hydrogen-bond acceptors (Lipinski definition) is 15. The van der Waals surface area contributed by atoms with Crippen molar-refractivity contribution in [1.82, 2.24) is 70.6 Å². The molecule has 0 bridgehead atoms. The van der Waals surface area contributed by atoms with Crippen LogP contribution >= 0.6 is 44.3 Å². The van der Waals surface area contributed by atoms with Gasteiger partial charge in [0.1, 0.15) is 22.4 Å². The van der Waals surface area contributed by atoms with Crippen molar-refractivity contribution in [3.8, 4) is 0 Å². The molecule has 5 fully saturated rings. The lowest BCUT2D eigenvalue weighted by Crippen LogP contribution is -2.41. The third kappa shape index (κ3) is 31.9. The number of benzene rings is 5. The van der Waals surface area contributed by atoms with Crippen molar-refractivity contribution in [2.75, 3.05) is 0 Å². The molecule has 5 aliphatic rings. The monoisotopic (exact) mass is 1830 g/mol. The second-order valence-electron chi connectivity index (χ2n) is 35.9. The second kappa shape index (κ2) is 47.5. The quantitative estimate of drug-likeness (QED) is 0.0592. The number of amides is 4. The van der Waals surface area contributed by atoms with Crippen LogP contribution in [0.5, 0.6) is 0 Å². The van der Waals surface area contributed by atoms with Crippen molar-refractivity contribution in [2.24, 2.45) is 5.73 Å². The van der Waals surface area contributed by atoms with Crippen LogP contribution in [-0.2, 0) is 31.8 Å². The number of carbonyl (C=O) groups excluding carboxylic acids is 4. The lowest BCUT2D eigenvalue weighted by atomic mass is 9.91. The van der Waals surface area contributed by atoms with E-state index in [4.69, 9.17) is 24.7 Å². The Morgan fingerprint density at radius 3 is 1.04 bits per heavy atom. The number of ether oxygens (including phenoxy) is 4. The van der Waals surface area contributed by atoms with Crippen molar-refractivity contribution < 1.29 is 43.2 Å². The Hall–Kier alpha value is -8.56. The van der Waals surface area contributed by atoms with Crippen LogP contribution in [0, 0.1) is 0 Å². The summed E-state index contributed by atoms with van der Waals surface area (Å²) in [6, 6.07) is 34.7. The minimum Gasteiger partial charge on any atom is -0.444 e. The average molecular weight is 1840 g/mol. The molecule has 8 N–H and O–H groups in total. The summed E-state index contributed by atoms with van der Waals surface area (Å²) in [5, 5.41) is 52.2. The maximum absolute atomic E-state index is 11.9. The fourth-order valence-corrected chi connectivity index (χ4v) is 16.6. The van der Waals surface area contributed by atoms with E-state index in [0.717, 1.165) is 183 Å². The minimum absolute atomic E-state index is 0. The predicted molar refractivity (Wildman–Crippen MR) is 509 cm³/mol. The molecule has 24 nitrogen and oxygen atoms in total. The molecule has 5 saturated carbocycles. The molecule has 5 aromatic carbocycles. The van der Waals surface area contributed by atoms with Gasteiger partial charge in [0.25, 0.3) is 0 Å². The van der Waals surface area contributed by atoms with E-state index >= 15 is 0 Å². The zero-order chi connectivity index (χ0) is 84.4. The number of fused-ring (bicyclic) bond motifs is 5. The Morgan fingerprint density at radius 2 is 0.713 bits per heavy atom. The molecule has 0 unspecified atom stereocenters. The molecule has 5 aliphatic carbocycles. The molecule has 0 aliphatic heterocycles. The van der Waals surface area contributed by atoms with E-state index in [0.29, 0.717) is 30.2 Å². The number of hydrogen-bond donors (Lipinski definition) is 7. The molecular formula is C95H144Br2ClN15O9. The van der Waals surface area contributed by atoms with Gasteiger partial charge in [0.2, 0.25) is 0 Å². The van der Waals surface area contributed by atoms with Crippen LogP contribution < -0.4 is 27.0 Å². The van der Waals surface area contributed by atoms with Gasteiger partial charge in [-0.05, 0) is 314 Å². The molecule has 10 aromatic rings. The number of carbonyl (C=O) groups is 4. The van der Waals surface area contributed by atoms with E-state index in [-0.39, 0.29) is 96.8 Å². The summed E-state index contributed by atoms with van der Waals surface area (Å²) < 4.78 is 32.0. The largest absolute Gasteiger partial charge is 0.444 e. The van der Waals surface area contributed by atoms with Crippen molar-refractivity contribution in [3.63, 3.8) is 0 Å². The highest BCUT2D eigenvalue weighted by Crippen LogP contribution is 2.37. The van der Waals surface area contributed by atoms with Crippen LogP contribution in [0.4, 0.5) is 19.2 Å². The Kier molecular flexibility index (Phi) is 40.5. The van der Waals surface area contributed by atoms with Crippen LogP contribution in [0.2, 0.25) is 0 Å². The van der Waals surface area contributed by atoms with Crippen molar-refractivity contribution >= 4 is 129 Å². The number of aliphatic hydroxyl groups excluding tert-OH is 1. The van der Waals surface area contributed by atoms with Gasteiger partial charge in [-0.1, -0.05) is 106 Å². The van der Waals surface area contributed by atoms with Crippen LogP contribution in [0.1, 0.15) is 296 Å². The van der Waals surface area contributed by atoms with Gasteiger partial charge in [-0.25, -0.2) is 19.2 Å². The third-order valence-corrected chi connectivity index (χ3v) is 22.7. The van der Waals surface area contributed by atoms with Gasteiger partial charge in [0.15, 0.2) is 0 Å². The molecule has 5 heterocycles. The van der Waals surface area contributed by atoms with Crippen LogP contribution in [0.25, 0.3) is 60.6 Å². The number of alkyl carbamates (subject to hydrolysis) is 4. The Balaban J connectivity index is 0.000000263. The Morgan fingerprint density at radius 1 is 0.426 bits per heavy atom. The SMILES string of the molecule is Brc1ccc2[nH]ncc2c1.C.C.C.C.C=Cc1ccc2c(cnn2C2CCC(NC(=O)OC(C)(C)C)CC2)c1.CC(C)(C)OC(=O)NC1CCC(O)CC1.CC(C)(C)OC(=O)NC1CCC(n2ncc3cc(Br)ccc32)CC1.CCc1ccc2c(cnn2C2CCC(N)CC2)c1.CCc1ccc2c(cnn2C2CCC(NC(=O)OC(C)(C)C)CC2)c1.Cl. The number of nitrogens with two attached hydrogens (primary N) is 1. The lowest BCUT2D eigenvalue weighted by Gasteiger charge is -2.30. The summed E-state index contributed by atoms with van der Waals surface area (Å²) in [6.45, 7) is 30.6. The normalized spacial score (nSPS) is 20.8. The van der Waals surface area contributed by atoms with Gasteiger partial charge in [-0.15, -0.1) is 12.4 Å². The summed E-state index contributed by atoms with van der Waals surface area (Å²) >= 11 is 6.88. The number of H-pyrrole nitrogens is 1. The highest BCUT2D eigenvalue weighted by atomic mass is 79.9. The first-order chi connectivity index (χ1) is 55.5. The molecule has 674 valence electrons. The smallest absolute Gasteiger partial charge is 0.407 e. The number of aliphatic hydroxyl groups is 1. The fraction of sp³-hybridized carbons (Fsp3) is 0.568.